The first-order valence-corrected chi connectivity index (χ1v) is 10.2. The van der Waals surface area contributed by atoms with Crippen molar-refractivity contribution in [2.75, 3.05) is 5.73 Å². The Hall–Kier alpha value is -4.68. The molecule has 0 aliphatic heterocycles. The molecule has 3 aromatic rings. The lowest BCUT2D eigenvalue weighted by atomic mass is 10.1. The molecule has 2 aromatic heterocycles. The van der Waals surface area contributed by atoms with Gasteiger partial charge in [0.2, 0.25) is 11.6 Å². The molecule has 34 heavy (non-hydrogen) atoms. The first-order chi connectivity index (χ1) is 16.3. The van der Waals surface area contributed by atoms with Gasteiger partial charge >= 0.3 is 0 Å². The second-order valence-corrected chi connectivity index (χ2v) is 7.53. The van der Waals surface area contributed by atoms with Crippen LogP contribution in [-0.4, -0.2) is 42.4 Å². The highest BCUT2D eigenvalue weighted by Crippen LogP contribution is 2.28. The number of non-ortho nitro benzene ring substituents is 1. The number of hydrogen-bond donors (Lipinski definition) is 2. The van der Waals surface area contributed by atoms with E-state index in [-0.39, 0.29) is 34.3 Å². The first kappa shape index (κ1) is 24.0. The highest BCUT2D eigenvalue weighted by atomic mass is 16.6. The summed E-state index contributed by atoms with van der Waals surface area (Å²) >= 11 is 0. The number of hydrogen-bond acceptors (Lipinski definition) is 10. The lowest BCUT2D eigenvalue weighted by Crippen LogP contribution is -2.19. The number of nitrogens with zero attached hydrogens (tertiary/aromatic N) is 7. The minimum Gasteiger partial charge on any atom is -0.378 e. The second kappa shape index (κ2) is 10.8. The van der Waals surface area contributed by atoms with Gasteiger partial charge in [0.15, 0.2) is 5.69 Å². The van der Waals surface area contributed by atoms with Crippen LogP contribution in [0.5, 0.6) is 0 Å². The summed E-state index contributed by atoms with van der Waals surface area (Å²) in [4.78, 5) is 23.5. The third-order valence-electron chi connectivity index (χ3n) is 4.60. The molecule has 13 heteroatoms. The minimum absolute atomic E-state index is 0.0218. The van der Waals surface area contributed by atoms with Crippen LogP contribution >= 0.6 is 0 Å². The summed E-state index contributed by atoms with van der Waals surface area (Å²) < 4.78 is 5.73. The molecule has 0 unspecified atom stereocenters. The van der Waals surface area contributed by atoms with Crippen molar-refractivity contribution < 1.29 is 14.3 Å². The molecule has 0 bridgehead atoms. The van der Waals surface area contributed by atoms with Gasteiger partial charge in [0.1, 0.15) is 5.69 Å². The van der Waals surface area contributed by atoms with E-state index in [1.54, 1.807) is 12.1 Å². The van der Waals surface area contributed by atoms with Crippen molar-refractivity contribution in [2.45, 2.75) is 33.6 Å². The molecule has 176 valence electrons. The molecule has 3 N–H and O–H groups in total. The van der Waals surface area contributed by atoms with Crippen LogP contribution in [0.25, 0.3) is 17.1 Å². The van der Waals surface area contributed by atoms with Crippen molar-refractivity contribution in [3.05, 3.63) is 63.4 Å². The summed E-state index contributed by atoms with van der Waals surface area (Å²) in [5.41, 5.74) is 10.5. The van der Waals surface area contributed by atoms with Crippen molar-refractivity contribution >= 4 is 23.6 Å². The molecule has 3 rings (SSSR count). The van der Waals surface area contributed by atoms with E-state index in [0.29, 0.717) is 0 Å². The average Bonchev–Trinajstić information content (AvgIpc) is 3.42. The molecular formula is C21H23N9O4. The van der Waals surface area contributed by atoms with Gasteiger partial charge in [-0.1, -0.05) is 34.6 Å². The number of nitro groups is 1. The summed E-state index contributed by atoms with van der Waals surface area (Å²) in [7, 11) is 0. The number of nitrogens with two attached hydrogens (primary N) is 1. The molecule has 0 saturated heterocycles. The summed E-state index contributed by atoms with van der Waals surface area (Å²) in [5.74, 6) is -0.809. The topological polar surface area (TPSA) is 180 Å². The first-order valence-electron chi connectivity index (χ1n) is 10.2. The zero-order chi connectivity index (χ0) is 24.7. The fourth-order valence-corrected chi connectivity index (χ4v) is 2.93. The van der Waals surface area contributed by atoms with Gasteiger partial charge in [0, 0.05) is 23.9 Å². The van der Waals surface area contributed by atoms with Crippen LogP contribution in [0.3, 0.4) is 0 Å². The number of anilines is 1. The van der Waals surface area contributed by atoms with Crippen LogP contribution in [0, 0.1) is 10.1 Å². The lowest BCUT2D eigenvalue weighted by molar-refractivity contribution is -0.384. The third-order valence-corrected chi connectivity index (χ3v) is 4.60. The number of nitro benzene ring substituents is 1. The number of aromatic nitrogens is 5. The molecule has 0 atom stereocenters. The summed E-state index contributed by atoms with van der Waals surface area (Å²) in [6, 6.07) is 5.62. The van der Waals surface area contributed by atoms with Crippen molar-refractivity contribution in [1.29, 1.82) is 0 Å². The maximum absolute atomic E-state index is 12.8. The van der Waals surface area contributed by atoms with E-state index in [0.717, 1.165) is 23.1 Å². The average molecular weight is 465 g/mol. The van der Waals surface area contributed by atoms with E-state index in [4.69, 9.17) is 5.73 Å². The van der Waals surface area contributed by atoms with Crippen molar-refractivity contribution in [1.82, 2.24) is 30.7 Å². The molecule has 1 aromatic carbocycles. The summed E-state index contributed by atoms with van der Waals surface area (Å²) in [5, 5.41) is 30.2. The van der Waals surface area contributed by atoms with Gasteiger partial charge in [-0.15, -0.1) is 5.10 Å². The molecule has 0 saturated carbocycles. The summed E-state index contributed by atoms with van der Waals surface area (Å²) in [6.07, 6.45) is 7.18. The maximum Gasteiger partial charge on any atom is 0.294 e. The number of benzene rings is 1. The normalized spacial score (nSPS) is 11.6. The monoisotopic (exact) mass is 465 g/mol. The molecule has 0 fully saturated rings. The molecule has 13 nitrogen and oxygen atoms in total. The Morgan fingerprint density at radius 1 is 1.32 bits per heavy atom. The molecule has 0 aliphatic carbocycles. The smallest absolute Gasteiger partial charge is 0.294 e. The molecule has 0 radical (unpaired) electrons. The van der Waals surface area contributed by atoms with Crippen LogP contribution in [0.15, 0.2) is 57.3 Å². The highest BCUT2D eigenvalue weighted by molar-refractivity contribution is 5.98. The number of carbonyl (C=O) groups excluding carboxylic acids is 1. The van der Waals surface area contributed by atoms with Gasteiger partial charge in [-0.25, -0.2) is 10.1 Å². The Morgan fingerprint density at radius 3 is 2.79 bits per heavy atom. The number of hydrazone groups is 1. The Morgan fingerprint density at radius 2 is 2.12 bits per heavy atom. The quantitative estimate of drug-likeness (QED) is 0.207. The zero-order valence-electron chi connectivity index (χ0n) is 18.8. The second-order valence-electron chi connectivity index (χ2n) is 7.53. The molecule has 2 heterocycles. The van der Waals surface area contributed by atoms with Crippen LogP contribution in [0.2, 0.25) is 0 Å². The van der Waals surface area contributed by atoms with Crippen molar-refractivity contribution in [2.24, 2.45) is 5.10 Å². The number of rotatable bonds is 9. The Balaban J connectivity index is 1.88. The fourth-order valence-electron chi connectivity index (χ4n) is 2.93. The Labute approximate surface area is 194 Å². The van der Waals surface area contributed by atoms with Crippen LogP contribution < -0.4 is 11.2 Å². The van der Waals surface area contributed by atoms with E-state index in [2.05, 4.69) is 41.9 Å². The minimum atomic E-state index is -0.686. The van der Waals surface area contributed by atoms with E-state index in [1.165, 1.54) is 30.0 Å². The number of allylic oxidation sites excluding steroid dienone is 4. The number of nitrogens with one attached hydrogen (secondary N) is 1. The van der Waals surface area contributed by atoms with Crippen LogP contribution in [0.1, 0.15) is 44.1 Å². The molecule has 0 aliphatic rings. The van der Waals surface area contributed by atoms with Crippen molar-refractivity contribution in [3.63, 3.8) is 0 Å². The molecular weight excluding hydrogens is 442 g/mol. The standard InChI is InChI=1S/C21H23N9O4/c1-13(2)6-4-7-14(3)10-11-23-25-21(31)17-18(15-8-5-9-16(12-15)30(32)33)29(28-24-17)20-19(22)26-34-27-20/h5-6,8-12H,4,7H2,1-3H3,(H2,22,26)(H,25,31)/b14-10+,23-11-. The van der Waals surface area contributed by atoms with Gasteiger partial charge in [0.05, 0.1) is 4.92 Å². The van der Waals surface area contributed by atoms with Crippen molar-refractivity contribution in [3.8, 4) is 17.1 Å². The molecule has 0 spiro atoms. The van der Waals surface area contributed by atoms with Gasteiger partial charge in [0.25, 0.3) is 11.6 Å². The maximum atomic E-state index is 12.8. The third kappa shape index (κ3) is 5.76. The number of carbonyl (C=O) groups is 1. The Kier molecular flexibility index (Phi) is 7.59. The lowest BCUT2D eigenvalue weighted by Gasteiger charge is -2.05. The molecule has 1 amide bonds. The van der Waals surface area contributed by atoms with E-state index in [9.17, 15) is 14.9 Å². The van der Waals surface area contributed by atoms with E-state index in [1.807, 2.05) is 20.8 Å². The predicted octanol–water partition coefficient (Wildman–Crippen LogP) is 3.22. The van der Waals surface area contributed by atoms with Gasteiger partial charge < -0.3 is 5.73 Å². The van der Waals surface area contributed by atoms with E-state index < -0.39 is 10.8 Å². The van der Waals surface area contributed by atoms with Crippen LogP contribution in [0.4, 0.5) is 11.5 Å². The summed E-state index contributed by atoms with van der Waals surface area (Å²) in [6.45, 7) is 6.05. The zero-order valence-corrected chi connectivity index (χ0v) is 18.8. The van der Waals surface area contributed by atoms with E-state index >= 15 is 0 Å². The SMILES string of the molecule is CC(C)=CCC/C(C)=C/C=N\NC(=O)c1nnn(-c2nonc2N)c1-c1cccc([N+](=O)[O-])c1. The van der Waals surface area contributed by atoms with Gasteiger partial charge in [-0.05, 0) is 50.0 Å². The highest BCUT2D eigenvalue weighted by Gasteiger charge is 2.26. The number of nitrogen functional groups attached to an aromatic ring is 1. The van der Waals surface area contributed by atoms with Gasteiger partial charge in [-0.3, -0.25) is 14.9 Å². The number of amides is 1. The van der Waals surface area contributed by atoms with Crippen LogP contribution in [-0.2, 0) is 0 Å². The van der Waals surface area contributed by atoms with Gasteiger partial charge in [-0.2, -0.15) is 9.78 Å². The largest absolute Gasteiger partial charge is 0.378 e. The fraction of sp³-hybridized carbons (Fsp3) is 0.238. The Bertz CT molecular complexity index is 1280. The predicted molar refractivity (Wildman–Crippen MR) is 124 cm³/mol.